The molecule has 0 spiro atoms. The molecule has 0 bridgehead atoms. The number of nitrogens with one attached hydrogen (secondary N) is 2. The molecule has 0 unspecified atom stereocenters. The third-order valence-corrected chi connectivity index (χ3v) is 4.48. The van der Waals surface area contributed by atoms with Gasteiger partial charge >= 0.3 is 0 Å². The lowest BCUT2D eigenvalue weighted by atomic mass is 10.1. The average molecular weight is 316 g/mol. The van der Waals surface area contributed by atoms with Crippen LogP contribution in [-0.2, 0) is 16.1 Å². The van der Waals surface area contributed by atoms with Crippen LogP contribution in [0.15, 0.2) is 30.3 Å². The summed E-state index contributed by atoms with van der Waals surface area (Å²) < 4.78 is 0. The lowest BCUT2D eigenvalue weighted by Crippen LogP contribution is -2.55. The highest BCUT2D eigenvalue weighted by Gasteiger charge is 2.28. The second-order valence-electron chi connectivity index (χ2n) is 6.14. The van der Waals surface area contributed by atoms with Gasteiger partial charge in [-0.25, -0.2) is 0 Å². The third kappa shape index (κ3) is 4.30. The molecule has 2 amide bonds. The van der Waals surface area contributed by atoms with E-state index >= 15 is 0 Å². The minimum Gasteiger partial charge on any atom is -0.353 e. The normalized spacial score (nSPS) is 22.7. The maximum atomic E-state index is 12.4. The SMILES string of the molecule is O=C1NCCN[C@@H]1CC(=O)N1CCN(Cc2ccccc2)CC1. The van der Waals surface area contributed by atoms with Gasteiger partial charge in [0.1, 0.15) is 0 Å². The fourth-order valence-corrected chi connectivity index (χ4v) is 3.11. The Morgan fingerprint density at radius 3 is 2.52 bits per heavy atom. The predicted molar refractivity (Wildman–Crippen MR) is 87.7 cm³/mol. The lowest BCUT2D eigenvalue weighted by molar-refractivity contribution is -0.136. The van der Waals surface area contributed by atoms with Crippen molar-refractivity contribution in [2.75, 3.05) is 39.3 Å². The van der Waals surface area contributed by atoms with Gasteiger partial charge < -0.3 is 15.5 Å². The van der Waals surface area contributed by atoms with Gasteiger partial charge in [0, 0.05) is 45.8 Å². The average Bonchev–Trinajstić information content (AvgIpc) is 2.58. The zero-order chi connectivity index (χ0) is 16.1. The van der Waals surface area contributed by atoms with E-state index in [2.05, 4.69) is 39.8 Å². The van der Waals surface area contributed by atoms with E-state index in [1.54, 1.807) is 0 Å². The fourth-order valence-electron chi connectivity index (χ4n) is 3.11. The summed E-state index contributed by atoms with van der Waals surface area (Å²) in [7, 11) is 0. The molecular weight excluding hydrogens is 292 g/mol. The smallest absolute Gasteiger partial charge is 0.237 e. The van der Waals surface area contributed by atoms with Crippen molar-refractivity contribution in [2.24, 2.45) is 0 Å². The number of piperazine rings is 2. The van der Waals surface area contributed by atoms with Crippen LogP contribution in [0.5, 0.6) is 0 Å². The molecule has 1 atom stereocenters. The van der Waals surface area contributed by atoms with Crippen LogP contribution in [0.2, 0.25) is 0 Å². The van der Waals surface area contributed by atoms with Crippen LogP contribution >= 0.6 is 0 Å². The molecule has 23 heavy (non-hydrogen) atoms. The van der Waals surface area contributed by atoms with Gasteiger partial charge in [0.15, 0.2) is 0 Å². The van der Waals surface area contributed by atoms with Crippen LogP contribution in [-0.4, -0.2) is 66.9 Å². The number of benzene rings is 1. The third-order valence-electron chi connectivity index (χ3n) is 4.48. The second kappa shape index (κ2) is 7.57. The summed E-state index contributed by atoms with van der Waals surface area (Å²) in [5.41, 5.74) is 1.30. The van der Waals surface area contributed by atoms with Crippen LogP contribution < -0.4 is 10.6 Å². The summed E-state index contributed by atoms with van der Waals surface area (Å²) in [5, 5.41) is 5.90. The van der Waals surface area contributed by atoms with E-state index in [0.717, 1.165) is 39.3 Å². The van der Waals surface area contributed by atoms with Gasteiger partial charge in [-0.3, -0.25) is 14.5 Å². The van der Waals surface area contributed by atoms with E-state index in [9.17, 15) is 9.59 Å². The molecule has 1 aromatic rings. The van der Waals surface area contributed by atoms with Gasteiger partial charge in [-0.1, -0.05) is 30.3 Å². The summed E-state index contributed by atoms with van der Waals surface area (Å²) in [5.74, 6) is 0.00576. The van der Waals surface area contributed by atoms with Gasteiger partial charge in [-0.05, 0) is 5.56 Å². The number of hydrogen-bond acceptors (Lipinski definition) is 4. The number of rotatable bonds is 4. The Balaban J connectivity index is 1.45. The standard InChI is InChI=1S/C17H24N4O2/c22-16(12-15-17(23)19-7-6-18-15)21-10-8-20(9-11-21)13-14-4-2-1-3-5-14/h1-5,15,18H,6-13H2,(H,19,23)/t15-/m1/s1. The maximum absolute atomic E-state index is 12.4. The van der Waals surface area contributed by atoms with E-state index in [-0.39, 0.29) is 24.3 Å². The summed E-state index contributed by atoms with van der Waals surface area (Å²) in [4.78, 5) is 28.3. The predicted octanol–water partition coefficient (Wildman–Crippen LogP) is -0.191. The van der Waals surface area contributed by atoms with Gasteiger partial charge in [0.25, 0.3) is 0 Å². The van der Waals surface area contributed by atoms with Crippen molar-refractivity contribution < 1.29 is 9.59 Å². The topological polar surface area (TPSA) is 64.7 Å². The van der Waals surface area contributed by atoms with Crippen LogP contribution in [0, 0.1) is 0 Å². The molecule has 2 aliphatic heterocycles. The molecule has 1 aromatic carbocycles. The van der Waals surface area contributed by atoms with Crippen molar-refractivity contribution in [2.45, 2.75) is 19.0 Å². The zero-order valence-electron chi connectivity index (χ0n) is 13.3. The molecule has 2 heterocycles. The molecule has 124 valence electrons. The zero-order valence-corrected chi connectivity index (χ0v) is 13.3. The van der Waals surface area contributed by atoms with E-state index in [1.165, 1.54) is 5.56 Å². The van der Waals surface area contributed by atoms with Gasteiger partial charge in [-0.2, -0.15) is 0 Å². The van der Waals surface area contributed by atoms with E-state index in [0.29, 0.717) is 6.54 Å². The Morgan fingerprint density at radius 1 is 1.09 bits per heavy atom. The highest BCUT2D eigenvalue weighted by molar-refractivity contribution is 5.88. The quantitative estimate of drug-likeness (QED) is 0.808. The Bertz CT molecular complexity index is 541. The molecule has 0 aromatic heterocycles. The van der Waals surface area contributed by atoms with Gasteiger partial charge in [0.2, 0.25) is 11.8 Å². The highest BCUT2D eigenvalue weighted by Crippen LogP contribution is 2.10. The Morgan fingerprint density at radius 2 is 1.83 bits per heavy atom. The van der Waals surface area contributed by atoms with E-state index in [1.807, 2.05) is 11.0 Å². The highest BCUT2D eigenvalue weighted by atomic mass is 16.2. The number of nitrogens with zero attached hydrogens (tertiary/aromatic N) is 2. The second-order valence-corrected chi connectivity index (χ2v) is 6.14. The van der Waals surface area contributed by atoms with Crippen molar-refractivity contribution in [3.05, 3.63) is 35.9 Å². The molecule has 2 N–H and O–H groups in total. The van der Waals surface area contributed by atoms with Crippen LogP contribution in [0.25, 0.3) is 0 Å². The number of carbonyl (C=O) groups is 2. The molecule has 6 heteroatoms. The van der Waals surface area contributed by atoms with E-state index < -0.39 is 0 Å². The first-order valence-corrected chi connectivity index (χ1v) is 8.27. The van der Waals surface area contributed by atoms with Crippen molar-refractivity contribution >= 4 is 11.8 Å². The Hall–Kier alpha value is -1.92. The Labute approximate surface area is 136 Å². The lowest BCUT2D eigenvalue weighted by Gasteiger charge is -2.35. The molecule has 2 aliphatic rings. The molecule has 2 saturated heterocycles. The Kier molecular flexibility index (Phi) is 5.25. The molecule has 0 aliphatic carbocycles. The minimum atomic E-state index is -0.376. The van der Waals surface area contributed by atoms with E-state index in [4.69, 9.17) is 0 Å². The van der Waals surface area contributed by atoms with Crippen LogP contribution in [0.3, 0.4) is 0 Å². The summed E-state index contributed by atoms with van der Waals surface area (Å²) in [6.45, 7) is 5.53. The minimum absolute atomic E-state index is 0.0627. The largest absolute Gasteiger partial charge is 0.353 e. The van der Waals surface area contributed by atoms with Crippen molar-refractivity contribution in [3.63, 3.8) is 0 Å². The first kappa shape index (κ1) is 16.0. The molecule has 0 saturated carbocycles. The molecular formula is C17H24N4O2. The fraction of sp³-hybridized carbons (Fsp3) is 0.529. The molecule has 6 nitrogen and oxygen atoms in total. The van der Waals surface area contributed by atoms with Crippen molar-refractivity contribution in [1.82, 2.24) is 20.4 Å². The molecule has 3 rings (SSSR count). The first-order valence-electron chi connectivity index (χ1n) is 8.27. The summed E-state index contributed by atoms with van der Waals surface area (Å²) in [6.07, 6.45) is 0.254. The number of amides is 2. The maximum Gasteiger partial charge on any atom is 0.237 e. The van der Waals surface area contributed by atoms with Crippen LogP contribution in [0.4, 0.5) is 0 Å². The summed E-state index contributed by atoms with van der Waals surface area (Å²) >= 11 is 0. The molecule has 0 radical (unpaired) electrons. The van der Waals surface area contributed by atoms with Crippen molar-refractivity contribution in [1.29, 1.82) is 0 Å². The molecule has 2 fully saturated rings. The van der Waals surface area contributed by atoms with Gasteiger partial charge in [-0.15, -0.1) is 0 Å². The number of carbonyl (C=O) groups excluding carboxylic acids is 2. The number of hydrogen-bond donors (Lipinski definition) is 2. The van der Waals surface area contributed by atoms with Crippen LogP contribution in [0.1, 0.15) is 12.0 Å². The first-order chi connectivity index (χ1) is 11.2. The van der Waals surface area contributed by atoms with Gasteiger partial charge in [0.05, 0.1) is 12.5 Å². The van der Waals surface area contributed by atoms with Crippen molar-refractivity contribution in [3.8, 4) is 0 Å². The monoisotopic (exact) mass is 316 g/mol. The summed E-state index contributed by atoms with van der Waals surface area (Å²) in [6, 6.07) is 10.0.